The number of aliphatic imine (C=N–C) groups is 1. The molecule has 1 unspecified atom stereocenters. The Bertz CT molecular complexity index is 735. The Balaban J connectivity index is 0.00000392. The number of guanidine groups is 1. The van der Waals surface area contributed by atoms with Crippen LogP contribution in [0.1, 0.15) is 43.5 Å². The molecule has 0 aliphatic heterocycles. The molecule has 0 aromatic carbocycles. The first kappa shape index (κ1) is 24.6. The van der Waals surface area contributed by atoms with Gasteiger partial charge in [0.2, 0.25) is 5.88 Å². The van der Waals surface area contributed by atoms with E-state index >= 15 is 0 Å². The summed E-state index contributed by atoms with van der Waals surface area (Å²) in [6.45, 7) is 9.96. The van der Waals surface area contributed by atoms with E-state index in [0.717, 1.165) is 41.6 Å². The van der Waals surface area contributed by atoms with Gasteiger partial charge in [-0.1, -0.05) is 13.8 Å². The second-order valence-corrected chi connectivity index (χ2v) is 8.08. The summed E-state index contributed by atoms with van der Waals surface area (Å²) in [5.41, 5.74) is 2.22. The van der Waals surface area contributed by atoms with Crippen molar-refractivity contribution >= 4 is 41.3 Å². The number of pyridine rings is 1. The summed E-state index contributed by atoms with van der Waals surface area (Å²) in [6.07, 6.45) is 3.84. The average Bonchev–Trinajstić information content (AvgIpc) is 3.02. The largest absolute Gasteiger partial charge is 0.475 e. The molecular formula is C20H32IN5OS. The first-order chi connectivity index (χ1) is 13.0. The lowest BCUT2D eigenvalue weighted by Gasteiger charge is -2.16. The Morgan fingerprint density at radius 3 is 2.71 bits per heavy atom. The maximum Gasteiger partial charge on any atom is 0.213 e. The highest BCUT2D eigenvalue weighted by atomic mass is 127. The molecule has 156 valence electrons. The van der Waals surface area contributed by atoms with Crippen LogP contribution in [0, 0.1) is 12.8 Å². The highest BCUT2D eigenvalue weighted by Gasteiger charge is 2.08. The number of halogens is 1. The van der Waals surface area contributed by atoms with Gasteiger partial charge in [-0.2, -0.15) is 0 Å². The van der Waals surface area contributed by atoms with Crippen molar-refractivity contribution in [2.75, 3.05) is 13.6 Å². The summed E-state index contributed by atoms with van der Waals surface area (Å²) in [7, 11) is 1.77. The molecule has 0 aliphatic rings. The van der Waals surface area contributed by atoms with Gasteiger partial charge >= 0.3 is 0 Å². The minimum Gasteiger partial charge on any atom is -0.475 e. The lowest BCUT2D eigenvalue weighted by molar-refractivity contribution is 0.185. The van der Waals surface area contributed by atoms with Crippen LogP contribution in [0.3, 0.4) is 0 Å². The number of thiazole rings is 1. The molecular weight excluding hydrogens is 485 g/mol. The number of hydrogen-bond donors (Lipinski definition) is 2. The zero-order valence-corrected chi connectivity index (χ0v) is 20.5. The maximum atomic E-state index is 5.92. The summed E-state index contributed by atoms with van der Waals surface area (Å²) < 4.78 is 5.92. The molecule has 6 nitrogen and oxygen atoms in total. The molecule has 0 saturated carbocycles. The van der Waals surface area contributed by atoms with E-state index in [2.05, 4.69) is 51.7 Å². The lowest BCUT2D eigenvalue weighted by atomic mass is 10.1. The highest BCUT2D eigenvalue weighted by Crippen LogP contribution is 2.15. The Morgan fingerprint density at radius 1 is 1.29 bits per heavy atom. The molecule has 2 aromatic rings. The molecule has 0 spiro atoms. The predicted molar refractivity (Wildman–Crippen MR) is 128 cm³/mol. The molecule has 1 atom stereocenters. The fourth-order valence-electron chi connectivity index (χ4n) is 2.78. The van der Waals surface area contributed by atoms with E-state index in [1.165, 1.54) is 0 Å². The summed E-state index contributed by atoms with van der Waals surface area (Å²) >= 11 is 1.68. The molecule has 0 amide bonds. The Labute approximate surface area is 189 Å². The van der Waals surface area contributed by atoms with E-state index in [-0.39, 0.29) is 30.1 Å². The fraction of sp³-hybridized carbons (Fsp3) is 0.550. The van der Waals surface area contributed by atoms with Gasteiger partial charge in [-0.25, -0.2) is 9.97 Å². The monoisotopic (exact) mass is 517 g/mol. The molecule has 0 aliphatic carbocycles. The highest BCUT2D eigenvalue weighted by molar-refractivity contribution is 14.0. The van der Waals surface area contributed by atoms with Gasteiger partial charge < -0.3 is 15.4 Å². The van der Waals surface area contributed by atoms with Gasteiger partial charge in [0.25, 0.3) is 0 Å². The minimum absolute atomic E-state index is 0. The van der Waals surface area contributed by atoms with Crippen LogP contribution >= 0.6 is 35.3 Å². The van der Waals surface area contributed by atoms with Crippen LogP contribution in [0.25, 0.3) is 0 Å². The quantitative estimate of drug-likeness (QED) is 0.297. The molecule has 2 aromatic heterocycles. The van der Waals surface area contributed by atoms with Gasteiger partial charge in [0.15, 0.2) is 5.96 Å². The molecule has 0 radical (unpaired) electrons. The van der Waals surface area contributed by atoms with Crippen LogP contribution in [0.4, 0.5) is 0 Å². The minimum atomic E-state index is 0. The van der Waals surface area contributed by atoms with Crippen LogP contribution in [-0.2, 0) is 13.0 Å². The third-order valence-electron chi connectivity index (χ3n) is 3.95. The Hall–Kier alpha value is -1.42. The first-order valence-corrected chi connectivity index (χ1v) is 10.3. The van der Waals surface area contributed by atoms with Gasteiger partial charge in [0.05, 0.1) is 16.8 Å². The van der Waals surface area contributed by atoms with Crippen molar-refractivity contribution < 1.29 is 4.74 Å². The number of nitrogens with one attached hydrogen (secondary N) is 2. The van der Waals surface area contributed by atoms with Gasteiger partial charge in [-0.05, 0) is 37.8 Å². The number of rotatable bonds is 9. The number of nitrogens with zero attached hydrogens (tertiary/aromatic N) is 3. The van der Waals surface area contributed by atoms with E-state index in [1.807, 2.05) is 19.1 Å². The number of aromatic nitrogens is 2. The summed E-state index contributed by atoms with van der Waals surface area (Å²) in [6, 6.07) is 3.97. The van der Waals surface area contributed by atoms with E-state index < -0.39 is 0 Å². The van der Waals surface area contributed by atoms with E-state index in [9.17, 15) is 0 Å². The van der Waals surface area contributed by atoms with Crippen molar-refractivity contribution in [1.29, 1.82) is 0 Å². The Kier molecular flexibility index (Phi) is 11.4. The number of ether oxygens (including phenoxy) is 1. The molecule has 2 heterocycles. The topological polar surface area (TPSA) is 71.4 Å². The third kappa shape index (κ3) is 9.18. The van der Waals surface area contributed by atoms with Crippen LogP contribution in [0.2, 0.25) is 0 Å². The van der Waals surface area contributed by atoms with E-state index in [4.69, 9.17) is 4.74 Å². The first-order valence-electron chi connectivity index (χ1n) is 9.43. The van der Waals surface area contributed by atoms with Crippen LogP contribution in [-0.4, -0.2) is 35.6 Å². The second-order valence-electron chi connectivity index (χ2n) is 7.02. The van der Waals surface area contributed by atoms with Crippen molar-refractivity contribution in [3.05, 3.63) is 40.0 Å². The van der Waals surface area contributed by atoms with Gasteiger partial charge in [-0.15, -0.1) is 35.3 Å². The summed E-state index contributed by atoms with van der Waals surface area (Å²) in [5, 5.41) is 9.86. The normalized spacial score (nSPS) is 12.4. The van der Waals surface area contributed by atoms with Crippen molar-refractivity contribution in [2.45, 2.75) is 53.2 Å². The average molecular weight is 517 g/mol. The molecule has 0 saturated heterocycles. The molecule has 2 rings (SSSR count). The van der Waals surface area contributed by atoms with Gasteiger partial charge in [0.1, 0.15) is 0 Å². The van der Waals surface area contributed by atoms with E-state index in [1.54, 1.807) is 24.6 Å². The second kappa shape index (κ2) is 12.9. The maximum absolute atomic E-state index is 5.92. The molecule has 0 fully saturated rings. The van der Waals surface area contributed by atoms with Crippen LogP contribution < -0.4 is 15.4 Å². The smallest absolute Gasteiger partial charge is 0.213 e. The van der Waals surface area contributed by atoms with Gasteiger partial charge in [-0.3, -0.25) is 4.99 Å². The molecule has 0 bridgehead atoms. The molecule has 2 N–H and O–H groups in total. The van der Waals surface area contributed by atoms with Gasteiger partial charge in [0, 0.05) is 44.2 Å². The number of aryl methyl sites for hydroxylation is 1. The predicted octanol–water partition coefficient (Wildman–Crippen LogP) is 4.19. The Morgan fingerprint density at radius 2 is 2.07 bits per heavy atom. The zero-order valence-electron chi connectivity index (χ0n) is 17.4. The standard InChI is InChI=1S/C20H31N5OS.HI/c1-14(2)10-15(3)26-19-11-17(6-8-22-19)12-24-20(21-5)23-9-7-18-13-27-16(4)25-18;/h6,8,11,13-15H,7,9-10,12H2,1-5H3,(H2,21,23,24);1H. The van der Waals surface area contributed by atoms with Crippen molar-refractivity contribution in [2.24, 2.45) is 10.9 Å². The summed E-state index contributed by atoms with van der Waals surface area (Å²) in [4.78, 5) is 13.1. The summed E-state index contributed by atoms with van der Waals surface area (Å²) in [5.74, 6) is 2.05. The van der Waals surface area contributed by atoms with E-state index in [0.29, 0.717) is 18.3 Å². The van der Waals surface area contributed by atoms with Crippen molar-refractivity contribution in [1.82, 2.24) is 20.6 Å². The molecule has 8 heteroatoms. The van der Waals surface area contributed by atoms with Crippen molar-refractivity contribution in [3.8, 4) is 5.88 Å². The zero-order chi connectivity index (χ0) is 19.6. The lowest BCUT2D eigenvalue weighted by Crippen LogP contribution is -2.37. The van der Waals surface area contributed by atoms with Crippen LogP contribution in [0.15, 0.2) is 28.7 Å². The molecule has 28 heavy (non-hydrogen) atoms. The third-order valence-corrected chi connectivity index (χ3v) is 4.77. The number of hydrogen-bond acceptors (Lipinski definition) is 5. The SMILES string of the molecule is CN=C(NCCc1csc(C)n1)NCc1ccnc(OC(C)CC(C)C)c1.I. The van der Waals surface area contributed by atoms with Crippen LogP contribution in [0.5, 0.6) is 5.88 Å². The van der Waals surface area contributed by atoms with Crippen molar-refractivity contribution in [3.63, 3.8) is 0 Å². The fourth-order valence-corrected chi connectivity index (χ4v) is 3.43.